The first kappa shape index (κ1) is 34.0. The van der Waals surface area contributed by atoms with Gasteiger partial charge in [-0.05, 0) is 184 Å². The molecule has 0 atom stereocenters. The van der Waals surface area contributed by atoms with Crippen molar-refractivity contribution in [2.45, 2.75) is 13.8 Å². The summed E-state index contributed by atoms with van der Waals surface area (Å²) in [4.78, 5) is 0. The predicted molar refractivity (Wildman–Crippen MR) is 270 cm³/mol. The van der Waals surface area contributed by atoms with E-state index in [0.717, 1.165) is 0 Å². The van der Waals surface area contributed by atoms with Gasteiger partial charge in [-0.25, -0.2) is 0 Å². The van der Waals surface area contributed by atoms with E-state index in [-0.39, 0.29) is 0 Å². The molecule has 0 saturated carbocycles. The highest BCUT2D eigenvalue weighted by molar-refractivity contribution is 6.47. The van der Waals surface area contributed by atoms with Crippen molar-refractivity contribution < 1.29 is 0 Å². The summed E-state index contributed by atoms with van der Waals surface area (Å²) in [5.74, 6) is 0. The summed E-state index contributed by atoms with van der Waals surface area (Å²) in [5.41, 5.74) is 10.3. The number of hydrogen-bond donors (Lipinski definition) is 0. The van der Waals surface area contributed by atoms with E-state index in [0.29, 0.717) is 0 Å². The molecule has 0 fully saturated rings. The standard InChI is InChI=1S/C62H38/c1-35-16-13-17-36(2)54(35)39-30-31-45-49(32-39)41-23-10-12-25-43(41)51-34-53-59-46(58(45)51)27-15-29-48(59)61-56(38-20-7-4-8-21-38)60-47-28-14-26-44-40-22-9-11-24-42(40)50(57(44)47)33-52(60)55(62(53)61)37-18-5-3-6-19-37/h3-34H,1-2H3. The van der Waals surface area contributed by atoms with Gasteiger partial charge in [-0.2, -0.15) is 0 Å². The Kier molecular flexibility index (Phi) is 6.78. The van der Waals surface area contributed by atoms with Crippen LogP contribution >= 0.6 is 0 Å². The zero-order valence-electron chi connectivity index (χ0n) is 34.5. The van der Waals surface area contributed by atoms with Gasteiger partial charge in [0.25, 0.3) is 0 Å². The van der Waals surface area contributed by atoms with Crippen LogP contribution in [0.3, 0.4) is 0 Å². The summed E-state index contributed by atoms with van der Waals surface area (Å²) in [6.45, 7) is 4.47. The third-order valence-electron chi connectivity index (χ3n) is 14.3. The molecule has 0 heterocycles. The molecular formula is C62H38. The Hall–Kier alpha value is -7.80. The van der Waals surface area contributed by atoms with Gasteiger partial charge in [-0.1, -0.05) is 176 Å². The molecule has 0 aromatic heterocycles. The van der Waals surface area contributed by atoms with Crippen LogP contribution in [-0.4, -0.2) is 0 Å². The van der Waals surface area contributed by atoms with Crippen molar-refractivity contribution in [3.63, 3.8) is 0 Å². The lowest BCUT2D eigenvalue weighted by Crippen LogP contribution is -1.91. The van der Waals surface area contributed by atoms with Crippen LogP contribution in [0, 0.1) is 13.8 Å². The minimum absolute atomic E-state index is 1.24. The third kappa shape index (κ3) is 4.36. The minimum Gasteiger partial charge on any atom is -0.0622 e. The van der Waals surface area contributed by atoms with Gasteiger partial charge in [-0.3, -0.25) is 0 Å². The van der Waals surface area contributed by atoms with Crippen molar-refractivity contribution in [1.82, 2.24) is 0 Å². The van der Waals surface area contributed by atoms with E-state index in [9.17, 15) is 0 Å². The Morgan fingerprint density at radius 3 is 1.24 bits per heavy atom. The molecule has 0 aliphatic rings. The van der Waals surface area contributed by atoms with Gasteiger partial charge in [0.1, 0.15) is 0 Å². The second kappa shape index (κ2) is 12.4. The normalized spacial score (nSPS) is 12.4. The van der Waals surface area contributed by atoms with Crippen molar-refractivity contribution in [3.8, 4) is 33.4 Å². The maximum Gasteiger partial charge on any atom is -0.000718 e. The Morgan fingerprint density at radius 2 is 0.613 bits per heavy atom. The molecule has 0 nitrogen and oxygen atoms in total. The van der Waals surface area contributed by atoms with Crippen molar-refractivity contribution in [1.29, 1.82) is 0 Å². The Labute approximate surface area is 358 Å². The van der Waals surface area contributed by atoms with Crippen molar-refractivity contribution in [2.75, 3.05) is 0 Å². The largest absolute Gasteiger partial charge is 0.0622 e. The predicted octanol–water partition coefficient (Wildman–Crippen LogP) is 17.7. The highest BCUT2D eigenvalue weighted by Crippen LogP contribution is 2.56. The molecule has 14 rings (SSSR count). The summed E-state index contributed by atoms with van der Waals surface area (Å²) in [6, 6.07) is 73.5. The molecule has 0 radical (unpaired) electrons. The van der Waals surface area contributed by atoms with Gasteiger partial charge in [-0.15, -0.1) is 0 Å². The van der Waals surface area contributed by atoms with E-state index >= 15 is 0 Å². The minimum atomic E-state index is 1.24. The van der Waals surface area contributed by atoms with Crippen molar-refractivity contribution in [3.05, 3.63) is 205 Å². The zero-order chi connectivity index (χ0) is 40.8. The zero-order valence-corrected chi connectivity index (χ0v) is 34.5. The maximum atomic E-state index is 2.56. The maximum absolute atomic E-state index is 2.56. The first-order valence-corrected chi connectivity index (χ1v) is 21.9. The van der Waals surface area contributed by atoms with E-state index in [2.05, 4.69) is 208 Å². The molecule has 14 aromatic rings. The molecule has 0 N–H and O–H groups in total. The number of aryl methyl sites for hydroxylation is 2. The van der Waals surface area contributed by atoms with Gasteiger partial charge in [0.05, 0.1) is 0 Å². The van der Waals surface area contributed by atoms with Crippen molar-refractivity contribution in [2.24, 2.45) is 0 Å². The summed E-state index contributed by atoms with van der Waals surface area (Å²) in [6.07, 6.45) is 0. The van der Waals surface area contributed by atoms with Crippen LogP contribution in [0.5, 0.6) is 0 Å². The number of benzene rings is 12. The lowest BCUT2D eigenvalue weighted by atomic mass is 9.83. The van der Waals surface area contributed by atoms with Gasteiger partial charge in [0.15, 0.2) is 0 Å². The van der Waals surface area contributed by atoms with E-state index < -0.39 is 0 Å². The molecule has 286 valence electrons. The Morgan fingerprint density at radius 1 is 0.194 bits per heavy atom. The van der Waals surface area contributed by atoms with Crippen molar-refractivity contribution >= 4 is 108 Å². The summed E-state index contributed by atoms with van der Waals surface area (Å²) >= 11 is 0. The highest BCUT2D eigenvalue weighted by atomic mass is 14.3. The first-order chi connectivity index (χ1) is 30.6. The lowest BCUT2D eigenvalue weighted by molar-refractivity contribution is 1.38. The molecular weight excluding hydrogens is 745 g/mol. The molecule has 0 heteroatoms. The smallest absolute Gasteiger partial charge is 0.000718 e. The Balaban J connectivity index is 1.26. The fourth-order valence-electron chi connectivity index (χ4n) is 11.9. The average molecular weight is 783 g/mol. The number of fused-ring (bicyclic) bond motifs is 15. The molecule has 0 aliphatic heterocycles. The first-order valence-electron chi connectivity index (χ1n) is 21.9. The third-order valence-corrected chi connectivity index (χ3v) is 14.3. The molecule has 62 heavy (non-hydrogen) atoms. The number of rotatable bonds is 3. The molecule has 0 amide bonds. The van der Waals surface area contributed by atoms with Crippen LogP contribution < -0.4 is 0 Å². The second-order valence-corrected chi connectivity index (χ2v) is 17.5. The van der Waals surface area contributed by atoms with E-state index in [1.165, 1.54) is 152 Å². The molecule has 0 spiro atoms. The van der Waals surface area contributed by atoms with Crippen LogP contribution in [0.4, 0.5) is 0 Å². The van der Waals surface area contributed by atoms with E-state index in [4.69, 9.17) is 0 Å². The SMILES string of the molecule is Cc1cccc(C)c1-c1ccc2c(c1)c1ccccc1c1cc3c4c(-c5ccccc5)c5cc6c7ccccc7c7cccc(c5c(-c5ccccc5)c4c4cccc(c21)c34)c76. The fourth-order valence-corrected chi connectivity index (χ4v) is 11.9. The summed E-state index contributed by atoms with van der Waals surface area (Å²) < 4.78 is 0. The Bertz CT molecular complexity index is 4170. The van der Waals surface area contributed by atoms with Crippen LogP contribution in [-0.2, 0) is 0 Å². The van der Waals surface area contributed by atoms with Gasteiger partial charge in [0.2, 0.25) is 0 Å². The summed E-state index contributed by atoms with van der Waals surface area (Å²) in [7, 11) is 0. The highest BCUT2D eigenvalue weighted by Gasteiger charge is 2.27. The molecule has 0 aliphatic carbocycles. The molecule has 0 unspecified atom stereocenters. The van der Waals surface area contributed by atoms with Crippen LogP contribution in [0.1, 0.15) is 11.1 Å². The number of hydrogen-bond acceptors (Lipinski definition) is 0. The van der Waals surface area contributed by atoms with E-state index in [1.54, 1.807) is 0 Å². The lowest BCUT2D eigenvalue weighted by Gasteiger charge is -2.19. The average Bonchev–Trinajstić information content (AvgIpc) is 3.82. The molecule has 14 aromatic carbocycles. The van der Waals surface area contributed by atoms with Crippen LogP contribution in [0.2, 0.25) is 0 Å². The fraction of sp³-hybridized carbons (Fsp3) is 0.0323. The van der Waals surface area contributed by atoms with E-state index in [1.807, 2.05) is 0 Å². The molecule has 0 bridgehead atoms. The monoisotopic (exact) mass is 782 g/mol. The van der Waals surface area contributed by atoms with Gasteiger partial charge < -0.3 is 0 Å². The second-order valence-electron chi connectivity index (χ2n) is 17.5. The summed E-state index contributed by atoms with van der Waals surface area (Å²) in [5, 5.41) is 26.4. The quantitative estimate of drug-likeness (QED) is 0.157. The van der Waals surface area contributed by atoms with Crippen LogP contribution in [0.25, 0.3) is 141 Å². The topological polar surface area (TPSA) is 0 Å². The van der Waals surface area contributed by atoms with Gasteiger partial charge >= 0.3 is 0 Å². The van der Waals surface area contributed by atoms with Gasteiger partial charge in [0, 0.05) is 0 Å². The van der Waals surface area contributed by atoms with Crippen LogP contribution in [0.15, 0.2) is 194 Å². The molecule has 0 saturated heterocycles.